The summed E-state index contributed by atoms with van der Waals surface area (Å²) in [4.78, 5) is 20.6. The fourth-order valence-corrected chi connectivity index (χ4v) is 7.59. The number of piperidine rings is 2. The van der Waals surface area contributed by atoms with Gasteiger partial charge in [0.25, 0.3) is 5.91 Å². The molecule has 5 rings (SSSR count). The summed E-state index contributed by atoms with van der Waals surface area (Å²) >= 11 is 1.50. The molecule has 0 spiro atoms. The summed E-state index contributed by atoms with van der Waals surface area (Å²) < 4.78 is 27.4. The highest BCUT2D eigenvalue weighted by Crippen LogP contribution is 2.41. The van der Waals surface area contributed by atoms with Gasteiger partial charge in [0.1, 0.15) is 10.7 Å². The van der Waals surface area contributed by atoms with Gasteiger partial charge in [0.05, 0.1) is 4.90 Å². The minimum absolute atomic E-state index is 0.227. The first-order valence-electron chi connectivity index (χ1n) is 13.1. The van der Waals surface area contributed by atoms with Crippen LogP contribution in [0.15, 0.2) is 47.4 Å². The van der Waals surface area contributed by atoms with Gasteiger partial charge in [-0.15, -0.1) is 0 Å². The number of sulfonamides is 1. The first kappa shape index (κ1) is 25.9. The van der Waals surface area contributed by atoms with E-state index in [1.807, 2.05) is 0 Å². The summed E-state index contributed by atoms with van der Waals surface area (Å²) in [6.45, 7) is 7.24. The SMILES string of the molecule is Cc1ccc(C)c(-c2nc(NC(=O)c3ccc(S(=O)(=O)N4CCCCC4)cc3)sc2N2CCCCC2)c1. The van der Waals surface area contributed by atoms with Gasteiger partial charge in [0.15, 0.2) is 5.13 Å². The maximum atomic E-state index is 13.1. The van der Waals surface area contributed by atoms with Gasteiger partial charge in [-0.05, 0) is 81.8 Å². The van der Waals surface area contributed by atoms with Gasteiger partial charge in [-0.25, -0.2) is 13.4 Å². The highest BCUT2D eigenvalue weighted by atomic mass is 32.2. The zero-order valence-electron chi connectivity index (χ0n) is 21.5. The van der Waals surface area contributed by atoms with Crippen molar-refractivity contribution in [2.45, 2.75) is 57.3 Å². The van der Waals surface area contributed by atoms with Crippen LogP contribution in [0.1, 0.15) is 60.0 Å². The summed E-state index contributed by atoms with van der Waals surface area (Å²) in [5, 5.41) is 4.60. The topological polar surface area (TPSA) is 82.6 Å². The van der Waals surface area contributed by atoms with Crippen LogP contribution in [0.4, 0.5) is 10.1 Å². The molecule has 0 atom stereocenters. The molecule has 3 heterocycles. The molecule has 0 aliphatic carbocycles. The third-order valence-electron chi connectivity index (χ3n) is 7.19. The van der Waals surface area contributed by atoms with Gasteiger partial charge >= 0.3 is 0 Å². The van der Waals surface area contributed by atoms with E-state index in [2.05, 4.69) is 42.3 Å². The Kier molecular flexibility index (Phi) is 7.65. The molecule has 3 aromatic rings. The number of carbonyl (C=O) groups excluding carboxylic acids is 1. The first-order valence-corrected chi connectivity index (χ1v) is 15.3. The molecule has 1 amide bonds. The standard InChI is InChI=1S/C28H34N4O3S2/c1-20-9-10-21(2)24(19-20)25-27(31-15-5-3-6-16-31)36-28(29-25)30-26(33)22-11-13-23(14-12-22)37(34,35)32-17-7-4-8-18-32/h9-14,19H,3-8,15-18H2,1-2H3,(H,29,30,33). The molecule has 1 aromatic heterocycles. The molecule has 2 aliphatic rings. The Hall–Kier alpha value is -2.75. The molecule has 2 aliphatic heterocycles. The molecule has 37 heavy (non-hydrogen) atoms. The first-order chi connectivity index (χ1) is 17.8. The number of nitrogens with zero attached hydrogens (tertiary/aromatic N) is 3. The van der Waals surface area contributed by atoms with Crippen LogP contribution in [0.3, 0.4) is 0 Å². The van der Waals surface area contributed by atoms with Crippen molar-refractivity contribution in [1.82, 2.24) is 9.29 Å². The van der Waals surface area contributed by atoms with E-state index in [1.54, 1.807) is 12.1 Å². The zero-order chi connectivity index (χ0) is 26.0. The van der Waals surface area contributed by atoms with Crippen LogP contribution in [0.5, 0.6) is 0 Å². The van der Waals surface area contributed by atoms with Gasteiger partial charge in [0, 0.05) is 37.3 Å². The summed E-state index contributed by atoms with van der Waals surface area (Å²) in [7, 11) is -3.53. The van der Waals surface area contributed by atoms with Crippen molar-refractivity contribution in [1.29, 1.82) is 0 Å². The molecular formula is C28H34N4O3S2. The Labute approximate surface area is 223 Å². The molecule has 9 heteroatoms. The number of benzene rings is 2. The number of nitrogens with one attached hydrogen (secondary N) is 1. The maximum Gasteiger partial charge on any atom is 0.257 e. The van der Waals surface area contributed by atoms with Crippen LogP contribution < -0.4 is 10.2 Å². The average Bonchev–Trinajstić information content (AvgIpc) is 3.34. The second kappa shape index (κ2) is 10.9. The number of aryl methyl sites for hydroxylation is 2. The fraction of sp³-hybridized carbons (Fsp3) is 0.429. The van der Waals surface area contributed by atoms with Crippen molar-refractivity contribution >= 4 is 37.4 Å². The highest BCUT2D eigenvalue weighted by Gasteiger charge is 2.26. The van der Waals surface area contributed by atoms with Gasteiger partial charge < -0.3 is 4.90 Å². The molecule has 0 unspecified atom stereocenters. The normalized spacial score (nSPS) is 17.1. The Balaban J connectivity index is 1.39. The quantitative estimate of drug-likeness (QED) is 0.426. The van der Waals surface area contributed by atoms with Gasteiger partial charge in [0.2, 0.25) is 10.0 Å². The Bertz CT molecular complexity index is 1370. The minimum Gasteiger partial charge on any atom is -0.362 e. The van der Waals surface area contributed by atoms with Crippen molar-refractivity contribution in [3.05, 3.63) is 59.2 Å². The van der Waals surface area contributed by atoms with E-state index in [4.69, 9.17) is 4.98 Å². The Morgan fingerprint density at radius 1 is 0.892 bits per heavy atom. The number of rotatable bonds is 6. The molecule has 196 valence electrons. The molecule has 7 nitrogen and oxygen atoms in total. The van der Waals surface area contributed by atoms with Crippen molar-refractivity contribution in [2.75, 3.05) is 36.4 Å². The number of thiazole rings is 1. The lowest BCUT2D eigenvalue weighted by Gasteiger charge is -2.28. The highest BCUT2D eigenvalue weighted by molar-refractivity contribution is 7.89. The summed E-state index contributed by atoms with van der Waals surface area (Å²) in [5.41, 5.74) is 4.72. The molecule has 0 saturated carbocycles. The van der Waals surface area contributed by atoms with Crippen LogP contribution in [0, 0.1) is 13.8 Å². The van der Waals surface area contributed by atoms with Crippen LogP contribution >= 0.6 is 11.3 Å². The average molecular weight is 539 g/mol. The molecule has 2 aromatic carbocycles. The van der Waals surface area contributed by atoms with Crippen LogP contribution in [-0.4, -0.2) is 49.8 Å². The van der Waals surface area contributed by atoms with E-state index < -0.39 is 10.0 Å². The summed E-state index contributed by atoms with van der Waals surface area (Å²) in [6.07, 6.45) is 6.37. The van der Waals surface area contributed by atoms with E-state index >= 15 is 0 Å². The monoisotopic (exact) mass is 538 g/mol. The minimum atomic E-state index is -3.53. The van der Waals surface area contributed by atoms with E-state index in [9.17, 15) is 13.2 Å². The van der Waals surface area contributed by atoms with Crippen LogP contribution in [0.25, 0.3) is 11.3 Å². The van der Waals surface area contributed by atoms with E-state index in [0.717, 1.165) is 67.0 Å². The Morgan fingerprint density at radius 3 is 2.22 bits per heavy atom. The molecule has 0 bridgehead atoms. The molecule has 2 saturated heterocycles. The zero-order valence-corrected chi connectivity index (χ0v) is 23.1. The number of hydrogen-bond acceptors (Lipinski definition) is 6. The lowest BCUT2D eigenvalue weighted by Crippen LogP contribution is -2.35. The maximum absolute atomic E-state index is 13.1. The third kappa shape index (κ3) is 5.58. The summed E-state index contributed by atoms with van der Waals surface area (Å²) in [5.74, 6) is -0.298. The number of aromatic nitrogens is 1. The number of hydrogen-bond donors (Lipinski definition) is 1. The molecule has 1 N–H and O–H groups in total. The van der Waals surface area contributed by atoms with Crippen molar-refractivity contribution in [2.24, 2.45) is 0 Å². The van der Waals surface area contributed by atoms with Gasteiger partial charge in [-0.2, -0.15) is 4.31 Å². The van der Waals surface area contributed by atoms with Crippen LogP contribution in [-0.2, 0) is 10.0 Å². The predicted octanol–water partition coefficient (Wildman–Crippen LogP) is 5.84. The largest absolute Gasteiger partial charge is 0.362 e. The molecule has 2 fully saturated rings. The number of carbonyl (C=O) groups is 1. The van der Waals surface area contributed by atoms with E-state index in [0.29, 0.717) is 23.8 Å². The van der Waals surface area contributed by atoms with E-state index in [-0.39, 0.29) is 10.8 Å². The van der Waals surface area contributed by atoms with Gasteiger partial charge in [-0.1, -0.05) is 35.5 Å². The second-order valence-corrected chi connectivity index (χ2v) is 12.9. The fourth-order valence-electron chi connectivity index (χ4n) is 5.05. The van der Waals surface area contributed by atoms with E-state index in [1.165, 1.54) is 39.8 Å². The number of anilines is 2. The summed E-state index contributed by atoms with van der Waals surface area (Å²) in [6, 6.07) is 12.6. The predicted molar refractivity (Wildman–Crippen MR) is 150 cm³/mol. The smallest absolute Gasteiger partial charge is 0.257 e. The van der Waals surface area contributed by atoms with Crippen molar-refractivity contribution in [3.8, 4) is 11.3 Å². The molecular weight excluding hydrogens is 504 g/mol. The van der Waals surface area contributed by atoms with Gasteiger partial charge in [-0.3, -0.25) is 10.1 Å². The third-order valence-corrected chi connectivity index (χ3v) is 10.1. The van der Waals surface area contributed by atoms with Crippen molar-refractivity contribution in [3.63, 3.8) is 0 Å². The lowest BCUT2D eigenvalue weighted by atomic mass is 10.0. The Morgan fingerprint density at radius 2 is 1.54 bits per heavy atom. The second-order valence-electron chi connectivity index (χ2n) is 9.98. The van der Waals surface area contributed by atoms with Crippen molar-refractivity contribution < 1.29 is 13.2 Å². The van der Waals surface area contributed by atoms with Crippen LogP contribution in [0.2, 0.25) is 0 Å². The lowest BCUT2D eigenvalue weighted by molar-refractivity contribution is 0.102. The number of amides is 1. The molecule has 0 radical (unpaired) electrons.